The number of benzene rings is 1. The van der Waals surface area contributed by atoms with Crippen LogP contribution in [0.3, 0.4) is 0 Å². The normalized spacial score (nSPS) is 12.6. The molecule has 1 atom stereocenters. The SMILES string of the molecule is C=CC(CCC)[N+](C)(C)Cc1ccccc1.[Cl-]. The monoisotopic (exact) mass is 253 g/mol. The van der Waals surface area contributed by atoms with E-state index in [1.54, 1.807) is 0 Å². The second-order valence-electron chi connectivity index (χ2n) is 5.01. The molecule has 1 aromatic rings. The first-order chi connectivity index (χ1) is 7.60. The molecule has 1 nitrogen and oxygen atoms in total. The van der Waals surface area contributed by atoms with Crippen LogP contribution in [-0.2, 0) is 6.54 Å². The highest BCUT2D eigenvalue weighted by molar-refractivity contribution is 5.13. The Kier molecular flexibility index (Phi) is 7.17. The zero-order valence-electron chi connectivity index (χ0n) is 11.2. The van der Waals surface area contributed by atoms with Gasteiger partial charge in [0.25, 0.3) is 0 Å². The van der Waals surface area contributed by atoms with Crippen molar-refractivity contribution in [3.63, 3.8) is 0 Å². The van der Waals surface area contributed by atoms with Crippen LogP contribution in [0.5, 0.6) is 0 Å². The maximum Gasteiger partial charge on any atom is 0.107 e. The molecule has 0 heterocycles. The molecular weight excluding hydrogens is 230 g/mol. The molecule has 0 N–H and O–H groups in total. The van der Waals surface area contributed by atoms with Crippen molar-refractivity contribution in [2.24, 2.45) is 0 Å². The third kappa shape index (κ3) is 4.93. The minimum absolute atomic E-state index is 0. The van der Waals surface area contributed by atoms with Gasteiger partial charge in [-0.2, -0.15) is 0 Å². The zero-order chi connectivity index (χ0) is 12.0. The van der Waals surface area contributed by atoms with Crippen LogP contribution in [0, 0.1) is 0 Å². The van der Waals surface area contributed by atoms with Gasteiger partial charge in [0.05, 0.1) is 14.1 Å². The van der Waals surface area contributed by atoms with Crippen molar-refractivity contribution in [3.8, 4) is 0 Å². The number of nitrogens with zero attached hydrogens (tertiary/aromatic N) is 1. The van der Waals surface area contributed by atoms with E-state index in [2.05, 4.69) is 64.0 Å². The zero-order valence-corrected chi connectivity index (χ0v) is 12.0. The predicted molar refractivity (Wildman–Crippen MR) is 71.1 cm³/mol. The Morgan fingerprint density at radius 3 is 2.29 bits per heavy atom. The molecule has 0 aromatic heterocycles. The summed E-state index contributed by atoms with van der Waals surface area (Å²) in [6.07, 6.45) is 4.53. The van der Waals surface area contributed by atoms with Crippen LogP contribution >= 0.6 is 0 Å². The van der Waals surface area contributed by atoms with Gasteiger partial charge < -0.3 is 16.9 Å². The van der Waals surface area contributed by atoms with Crippen LogP contribution in [0.25, 0.3) is 0 Å². The fraction of sp³-hybridized carbons (Fsp3) is 0.467. The second kappa shape index (κ2) is 7.52. The Morgan fingerprint density at radius 1 is 1.24 bits per heavy atom. The molecule has 0 fully saturated rings. The molecule has 0 aliphatic rings. The van der Waals surface area contributed by atoms with Gasteiger partial charge in [0.1, 0.15) is 12.6 Å². The van der Waals surface area contributed by atoms with E-state index >= 15 is 0 Å². The number of quaternary nitrogens is 1. The van der Waals surface area contributed by atoms with Gasteiger partial charge in [0.2, 0.25) is 0 Å². The van der Waals surface area contributed by atoms with E-state index in [9.17, 15) is 0 Å². The fourth-order valence-electron chi connectivity index (χ4n) is 2.22. The van der Waals surface area contributed by atoms with Gasteiger partial charge in [-0.25, -0.2) is 0 Å². The van der Waals surface area contributed by atoms with Gasteiger partial charge in [-0.1, -0.05) is 50.3 Å². The molecule has 0 aliphatic carbocycles. The topological polar surface area (TPSA) is 0 Å². The molecule has 1 rings (SSSR count). The summed E-state index contributed by atoms with van der Waals surface area (Å²) in [4.78, 5) is 0. The third-order valence-corrected chi connectivity index (χ3v) is 3.19. The van der Waals surface area contributed by atoms with E-state index in [0.717, 1.165) is 11.0 Å². The van der Waals surface area contributed by atoms with Crippen LogP contribution < -0.4 is 12.4 Å². The number of rotatable bonds is 6. The summed E-state index contributed by atoms with van der Waals surface area (Å²) in [5, 5.41) is 0. The highest BCUT2D eigenvalue weighted by Crippen LogP contribution is 2.18. The molecule has 0 radical (unpaired) electrons. The first-order valence-electron chi connectivity index (χ1n) is 6.09. The van der Waals surface area contributed by atoms with Gasteiger partial charge in [-0.3, -0.25) is 0 Å². The number of hydrogen-bond donors (Lipinski definition) is 0. The lowest BCUT2D eigenvalue weighted by Crippen LogP contribution is -3.00. The van der Waals surface area contributed by atoms with Gasteiger partial charge in [0, 0.05) is 12.0 Å². The van der Waals surface area contributed by atoms with Gasteiger partial charge in [-0.05, 0) is 6.08 Å². The molecule has 1 aromatic carbocycles. The Balaban J connectivity index is 0.00000256. The van der Waals surface area contributed by atoms with Crippen molar-refractivity contribution in [1.82, 2.24) is 0 Å². The molecule has 17 heavy (non-hydrogen) atoms. The van der Waals surface area contributed by atoms with Gasteiger partial charge >= 0.3 is 0 Å². The maximum absolute atomic E-state index is 3.97. The standard InChI is InChI=1S/C15H24N.ClH/c1-5-10-15(6-2)16(3,4)13-14-11-8-7-9-12-14;/h6-9,11-12,15H,2,5,10,13H2,1,3-4H3;1H/q+1;/p-1. The largest absolute Gasteiger partial charge is 1.00 e. The van der Waals surface area contributed by atoms with E-state index in [1.165, 1.54) is 18.4 Å². The van der Waals surface area contributed by atoms with Crippen molar-refractivity contribution < 1.29 is 16.9 Å². The van der Waals surface area contributed by atoms with Crippen LogP contribution in [0.1, 0.15) is 25.3 Å². The van der Waals surface area contributed by atoms with Crippen molar-refractivity contribution in [1.29, 1.82) is 0 Å². The van der Waals surface area contributed by atoms with E-state index in [0.29, 0.717) is 6.04 Å². The molecule has 96 valence electrons. The fourth-order valence-corrected chi connectivity index (χ4v) is 2.22. The van der Waals surface area contributed by atoms with E-state index in [1.807, 2.05) is 0 Å². The van der Waals surface area contributed by atoms with E-state index in [-0.39, 0.29) is 12.4 Å². The Hall–Kier alpha value is -0.790. The first kappa shape index (κ1) is 16.2. The first-order valence-corrected chi connectivity index (χ1v) is 6.09. The summed E-state index contributed by atoms with van der Waals surface area (Å²) in [5.74, 6) is 0. The van der Waals surface area contributed by atoms with Gasteiger partial charge in [0.15, 0.2) is 0 Å². The lowest BCUT2D eigenvalue weighted by atomic mass is 10.1. The van der Waals surface area contributed by atoms with Crippen molar-refractivity contribution in [2.75, 3.05) is 14.1 Å². The van der Waals surface area contributed by atoms with Crippen LogP contribution in [0.2, 0.25) is 0 Å². The maximum atomic E-state index is 3.97. The van der Waals surface area contributed by atoms with E-state index in [4.69, 9.17) is 0 Å². The summed E-state index contributed by atoms with van der Waals surface area (Å²) in [7, 11) is 4.57. The van der Waals surface area contributed by atoms with Crippen molar-refractivity contribution in [3.05, 3.63) is 48.6 Å². The second-order valence-corrected chi connectivity index (χ2v) is 5.01. The number of halogens is 1. The summed E-state index contributed by atoms with van der Waals surface area (Å²) >= 11 is 0. The minimum atomic E-state index is 0. The molecule has 2 heteroatoms. The Bertz CT molecular complexity index is 319. The molecule has 0 saturated carbocycles. The molecular formula is C15H24ClN. The average molecular weight is 254 g/mol. The highest BCUT2D eigenvalue weighted by Gasteiger charge is 2.24. The molecule has 0 aliphatic heterocycles. The number of likely N-dealkylation sites (N-methyl/N-ethyl adjacent to an activating group) is 1. The predicted octanol–water partition coefficient (Wildman–Crippen LogP) is 0.622. The summed E-state index contributed by atoms with van der Waals surface area (Å²) in [5.41, 5.74) is 1.40. The average Bonchev–Trinajstić information content (AvgIpc) is 2.26. The highest BCUT2D eigenvalue weighted by atomic mass is 35.5. The summed E-state index contributed by atoms with van der Waals surface area (Å²) in [6.45, 7) is 7.27. The van der Waals surface area contributed by atoms with Crippen LogP contribution in [0.15, 0.2) is 43.0 Å². The van der Waals surface area contributed by atoms with Crippen LogP contribution in [0.4, 0.5) is 0 Å². The minimum Gasteiger partial charge on any atom is -1.00 e. The quantitative estimate of drug-likeness (QED) is 0.515. The van der Waals surface area contributed by atoms with E-state index < -0.39 is 0 Å². The molecule has 0 spiro atoms. The van der Waals surface area contributed by atoms with Gasteiger partial charge in [-0.15, -0.1) is 0 Å². The summed E-state index contributed by atoms with van der Waals surface area (Å²) in [6, 6.07) is 11.2. The Labute approximate surface area is 112 Å². The molecule has 0 bridgehead atoms. The lowest BCUT2D eigenvalue weighted by molar-refractivity contribution is -0.921. The summed E-state index contributed by atoms with van der Waals surface area (Å²) < 4.78 is 0.987. The third-order valence-electron chi connectivity index (χ3n) is 3.19. The molecule has 1 unspecified atom stereocenters. The van der Waals surface area contributed by atoms with Crippen molar-refractivity contribution in [2.45, 2.75) is 32.4 Å². The smallest absolute Gasteiger partial charge is 0.107 e. The van der Waals surface area contributed by atoms with Crippen LogP contribution in [-0.4, -0.2) is 24.6 Å². The Morgan fingerprint density at radius 2 is 1.82 bits per heavy atom. The molecule has 0 amide bonds. The number of hydrogen-bond acceptors (Lipinski definition) is 0. The molecule has 0 saturated heterocycles. The van der Waals surface area contributed by atoms with Crippen molar-refractivity contribution >= 4 is 0 Å². The lowest BCUT2D eigenvalue weighted by Gasteiger charge is -2.36.